The minimum atomic E-state index is -0.254. The van der Waals surface area contributed by atoms with Crippen molar-refractivity contribution in [3.63, 3.8) is 0 Å². The van der Waals surface area contributed by atoms with E-state index in [1.54, 1.807) is 0 Å². The molecule has 1 heterocycles. The van der Waals surface area contributed by atoms with E-state index in [0.717, 1.165) is 22.2 Å². The van der Waals surface area contributed by atoms with Crippen LogP contribution in [0.25, 0.3) is 11.4 Å². The first-order chi connectivity index (χ1) is 10.8. The minimum Gasteiger partial charge on any atom is -0.481 e. The molecule has 3 rings (SSSR count). The second-order valence-corrected chi connectivity index (χ2v) is 5.71. The first-order valence-corrected chi connectivity index (χ1v) is 7.87. The highest BCUT2D eigenvalue weighted by Crippen LogP contribution is 2.26. The van der Waals surface area contributed by atoms with Gasteiger partial charge in [0.1, 0.15) is 5.75 Å². The van der Waals surface area contributed by atoms with E-state index in [2.05, 4.69) is 26.1 Å². The lowest BCUT2D eigenvalue weighted by molar-refractivity contribution is 0.154. The van der Waals surface area contributed by atoms with Crippen LogP contribution in [0.2, 0.25) is 0 Å². The summed E-state index contributed by atoms with van der Waals surface area (Å²) in [4.78, 5) is 4.47. The summed E-state index contributed by atoms with van der Waals surface area (Å²) in [6, 6.07) is 17.4. The molecule has 0 unspecified atom stereocenters. The first kappa shape index (κ1) is 14.8. The van der Waals surface area contributed by atoms with E-state index >= 15 is 0 Å². The Morgan fingerprint density at radius 1 is 1.14 bits per heavy atom. The van der Waals surface area contributed by atoms with Gasteiger partial charge < -0.3 is 9.26 Å². The van der Waals surface area contributed by atoms with E-state index in [9.17, 15) is 0 Å². The average Bonchev–Trinajstić information content (AvgIpc) is 3.03. The molecule has 22 heavy (non-hydrogen) atoms. The largest absolute Gasteiger partial charge is 0.481 e. The standard InChI is InChI=1S/C17H15BrN2O2/c1-2-15(21-14-9-4-3-5-10-14)17-19-16(20-22-17)12-7-6-8-13(18)11-12/h3-11,15H,2H2,1H3/t15-/m1/s1. The van der Waals surface area contributed by atoms with Gasteiger partial charge in [-0.05, 0) is 30.7 Å². The SMILES string of the molecule is CC[C@@H](Oc1ccccc1)c1nc(-c2cccc(Br)c2)no1. The van der Waals surface area contributed by atoms with Crippen LogP contribution in [-0.2, 0) is 0 Å². The number of nitrogens with zero attached hydrogens (tertiary/aromatic N) is 2. The molecular weight excluding hydrogens is 344 g/mol. The fourth-order valence-electron chi connectivity index (χ4n) is 2.08. The number of hydrogen-bond donors (Lipinski definition) is 0. The van der Waals surface area contributed by atoms with Gasteiger partial charge in [0.2, 0.25) is 5.82 Å². The van der Waals surface area contributed by atoms with Crippen molar-refractivity contribution in [2.45, 2.75) is 19.4 Å². The van der Waals surface area contributed by atoms with E-state index in [0.29, 0.717) is 11.7 Å². The summed E-state index contributed by atoms with van der Waals surface area (Å²) in [5.41, 5.74) is 0.902. The van der Waals surface area contributed by atoms with Crippen LogP contribution in [0.15, 0.2) is 63.6 Å². The van der Waals surface area contributed by atoms with Gasteiger partial charge in [-0.25, -0.2) is 0 Å². The summed E-state index contributed by atoms with van der Waals surface area (Å²) >= 11 is 3.44. The third kappa shape index (κ3) is 3.36. The summed E-state index contributed by atoms with van der Waals surface area (Å²) in [5, 5.41) is 4.05. The van der Waals surface area contributed by atoms with Crippen LogP contribution in [0, 0.1) is 0 Å². The molecule has 0 amide bonds. The highest BCUT2D eigenvalue weighted by atomic mass is 79.9. The predicted octanol–water partition coefficient (Wildman–Crippen LogP) is 5.03. The molecule has 0 bridgehead atoms. The molecule has 2 aromatic carbocycles. The van der Waals surface area contributed by atoms with Crippen LogP contribution in [0.3, 0.4) is 0 Å². The van der Waals surface area contributed by atoms with Crippen LogP contribution < -0.4 is 4.74 Å². The van der Waals surface area contributed by atoms with Crippen molar-refractivity contribution < 1.29 is 9.26 Å². The van der Waals surface area contributed by atoms with Crippen LogP contribution >= 0.6 is 15.9 Å². The molecule has 0 saturated heterocycles. The Hall–Kier alpha value is -2.14. The van der Waals surface area contributed by atoms with Crippen molar-refractivity contribution in [1.29, 1.82) is 0 Å². The zero-order valence-corrected chi connectivity index (χ0v) is 13.7. The summed E-state index contributed by atoms with van der Waals surface area (Å²) < 4.78 is 12.3. The lowest BCUT2D eigenvalue weighted by Gasteiger charge is -2.13. The van der Waals surface area contributed by atoms with Crippen LogP contribution in [0.1, 0.15) is 25.3 Å². The lowest BCUT2D eigenvalue weighted by atomic mass is 10.2. The smallest absolute Gasteiger partial charge is 0.268 e. The van der Waals surface area contributed by atoms with Crippen LogP contribution in [0.4, 0.5) is 0 Å². The number of rotatable bonds is 5. The van der Waals surface area contributed by atoms with E-state index in [1.165, 1.54) is 0 Å². The van der Waals surface area contributed by atoms with Gasteiger partial charge in [-0.15, -0.1) is 0 Å². The zero-order valence-electron chi connectivity index (χ0n) is 12.1. The first-order valence-electron chi connectivity index (χ1n) is 7.07. The third-order valence-corrected chi connectivity index (χ3v) is 3.69. The van der Waals surface area contributed by atoms with E-state index in [4.69, 9.17) is 9.26 Å². The number of halogens is 1. The van der Waals surface area contributed by atoms with Gasteiger partial charge in [-0.2, -0.15) is 4.98 Å². The van der Waals surface area contributed by atoms with Crippen molar-refractivity contribution in [1.82, 2.24) is 10.1 Å². The Morgan fingerprint density at radius 3 is 2.68 bits per heavy atom. The summed E-state index contributed by atoms with van der Waals surface area (Å²) in [6.45, 7) is 2.02. The maximum atomic E-state index is 5.92. The molecule has 0 aliphatic heterocycles. The molecule has 4 nitrogen and oxygen atoms in total. The maximum absolute atomic E-state index is 5.92. The Morgan fingerprint density at radius 2 is 1.95 bits per heavy atom. The topological polar surface area (TPSA) is 48.2 Å². The van der Waals surface area contributed by atoms with Gasteiger partial charge in [-0.1, -0.05) is 58.3 Å². The molecule has 0 aliphatic carbocycles. The molecule has 1 aromatic heterocycles. The fourth-order valence-corrected chi connectivity index (χ4v) is 2.48. The number of aromatic nitrogens is 2. The molecular formula is C17H15BrN2O2. The summed E-state index contributed by atoms with van der Waals surface area (Å²) in [5.74, 6) is 1.84. The number of hydrogen-bond acceptors (Lipinski definition) is 4. The second-order valence-electron chi connectivity index (χ2n) is 4.79. The molecule has 3 aromatic rings. The molecule has 1 atom stereocenters. The Balaban J connectivity index is 1.82. The monoisotopic (exact) mass is 358 g/mol. The molecule has 0 fully saturated rings. The van der Waals surface area contributed by atoms with Crippen LogP contribution in [0.5, 0.6) is 5.75 Å². The quantitative estimate of drug-likeness (QED) is 0.641. The molecule has 112 valence electrons. The molecule has 0 N–H and O–H groups in total. The van der Waals surface area contributed by atoms with Crippen molar-refractivity contribution >= 4 is 15.9 Å². The lowest BCUT2D eigenvalue weighted by Crippen LogP contribution is -2.06. The molecule has 0 aliphatic rings. The second kappa shape index (κ2) is 6.75. The number of para-hydroxylation sites is 1. The fraction of sp³-hybridized carbons (Fsp3) is 0.176. The van der Waals surface area contributed by atoms with Gasteiger partial charge in [0, 0.05) is 10.0 Å². The normalized spacial score (nSPS) is 12.1. The Labute approximate surface area is 137 Å². The highest BCUT2D eigenvalue weighted by molar-refractivity contribution is 9.10. The Bertz CT molecular complexity index is 743. The maximum Gasteiger partial charge on any atom is 0.268 e. The van der Waals surface area contributed by atoms with E-state index in [-0.39, 0.29) is 6.10 Å². The summed E-state index contributed by atoms with van der Waals surface area (Å²) in [7, 11) is 0. The number of ether oxygens (including phenoxy) is 1. The molecule has 0 radical (unpaired) electrons. The minimum absolute atomic E-state index is 0.254. The predicted molar refractivity (Wildman–Crippen MR) is 87.5 cm³/mol. The number of benzene rings is 2. The third-order valence-electron chi connectivity index (χ3n) is 3.19. The van der Waals surface area contributed by atoms with Crippen molar-refractivity contribution in [2.24, 2.45) is 0 Å². The van der Waals surface area contributed by atoms with Crippen molar-refractivity contribution in [3.8, 4) is 17.1 Å². The van der Waals surface area contributed by atoms with Gasteiger partial charge in [0.05, 0.1) is 0 Å². The van der Waals surface area contributed by atoms with Crippen molar-refractivity contribution in [3.05, 3.63) is 65.0 Å². The van der Waals surface area contributed by atoms with E-state index in [1.807, 2.05) is 61.5 Å². The molecule has 0 saturated carbocycles. The van der Waals surface area contributed by atoms with Gasteiger partial charge in [-0.3, -0.25) is 0 Å². The van der Waals surface area contributed by atoms with Crippen molar-refractivity contribution in [2.75, 3.05) is 0 Å². The summed E-state index contributed by atoms with van der Waals surface area (Å²) in [6.07, 6.45) is 0.491. The zero-order chi connectivity index (χ0) is 15.4. The average molecular weight is 359 g/mol. The van der Waals surface area contributed by atoms with Gasteiger partial charge in [0.25, 0.3) is 5.89 Å². The van der Waals surface area contributed by atoms with E-state index < -0.39 is 0 Å². The Kier molecular flexibility index (Phi) is 4.53. The van der Waals surface area contributed by atoms with Gasteiger partial charge in [0.15, 0.2) is 6.10 Å². The highest BCUT2D eigenvalue weighted by Gasteiger charge is 2.19. The van der Waals surface area contributed by atoms with Crippen LogP contribution in [-0.4, -0.2) is 10.1 Å². The molecule has 0 spiro atoms. The van der Waals surface area contributed by atoms with Gasteiger partial charge >= 0.3 is 0 Å². The molecule has 5 heteroatoms.